The predicted octanol–water partition coefficient (Wildman–Crippen LogP) is 3.88. The van der Waals surface area contributed by atoms with E-state index in [2.05, 4.69) is 20.7 Å². The van der Waals surface area contributed by atoms with Crippen molar-refractivity contribution in [3.05, 3.63) is 90.5 Å². The van der Waals surface area contributed by atoms with Crippen LogP contribution in [0.4, 0.5) is 0 Å². The number of phenolic OH excluding ortho intramolecular Hbond substituents is 1. The molecule has 0 spiro atoms. The van der Waals surface area contributed by atoms with E-state index < -0.39 is 0 Å². The number of aromatic nitrogens is 3. The van der Waals surface area contributed by atoms with E-state index in [0.29, 0.717) is 11.0 Å². The van der Waals surface area contributed by atoms with E-state index in [1.54, 1.807) is 24.3 Å². The number of hydrogen-bond acceptors (Lipinski definition) is 6. The second kappa shape index (κ2) is 9.73. The van der Waals surface area contributed by atoms with Gasteiger partial charge in [0.05, 0.1) is 12.0 Å². The van der Waals surface area contributed by atoms with Crippen molar-refractivity contribution in [3.63, 3.8) is 0 Å². The fourth-order valence-corrected chi connectivity index (χ4v) is 3.59. The molecule has 4 rings (SSSR count). The monoisotopic (exact) mass is 429 g/mol. The number of para-hydroxylation sites is 1. The van der Waals surface area contributed by atoms with Crippen molar-refractivity contribution < 1.29 is 9.90 Å². The van der Waals surface area contributed by atoms with E-state index in [4.69, 9.17) is 0 Å². The van der Waals surface area contributed by atoms with E-state index in [1.165, 1.54) is 18.0 Å². The summed E-state index contributed by atoms with van der Waals surface area (Å²) in [4.78, 5) is 12.2. The van der Waals surface area contributed by atoms with Crippen molar-refractivity contribution in [2.45, 2.75) is 5.16 Å². The molecule has 0 radical (unpaired) electrons. The molecule has 1 aromatic heterocycles. The summed E-state index contributed by atoms with van der Waals surface area (Å²) >= 11 is 1.28. The van der Waals surface area contributed by atoms with Crippen LogP contribution in [-0.2, 0) is 4.79 Å². The highest BCUT2D eigenvalue weighted by molar-refractivity contribution is 7.99. The number of aromatic hydroxyl groups is 1. The first kappa shape index (κ1) is 20.4. The number of amides is 1. The molecule has 0 saturated carbocycles. The van der Waals surface area contributed by atoms with Crippen molar-refractivity contribution in [2.75, 3.05) is 5.75 Å². The van der Waals surface area contributed by atoms with Crippen LogP contribution in [0, 0.1) is 0 Å². The lowest BCUT2D eigenvalue weighted by Gasteiger charge is -2.10. The van der Waals surface area contributed by atoms with E-state index in [0.717, 1.165) is 16.8 Å². The van der Waals surface area contributed by atoms with Crippen molar-refractivity contribution in [1.82, 2.24) is 20.2 Å². The lowest BCUT2D eigenvalue weighted by molar-refractivity contribution is -0.118. The average Bonchev–Trinajstić information content (AvgIpc) is 3.24. The molecule has 31 heavy (non-hydrogen) atoms. The van der Waals surface area contributed by atoms with Gasteiger partial charge in [-0.05, 0) is 42.0 Å². The van der Waals surface area contributed by atoms with Crippen LogP contribution in [-0.4, -0.2) is 37.7 Å². The standard InChI is InChI=1S/C23H19N5O2S/c29-20-13-11-17(12-14-20)15-24-25-21(30)16-31-23-27-26-22(18-7-3-1-4-8-18)28(23)19-9-5-2-6-10-19/h1-15,29H,16H2,(H,25,30)/b24-15-. The Hall–Kier alpha value is -3.91. The molecule has 8 heteroatoms. The lowest BCUT2D eigenvalue weighted by atomic mass is 10.2. The maximum Gasteiger partial charge on any atom is 0.250 e. The maximum absolute atomic E-state index is 12.2. The van der Waals surface area contributed by atoms with E-state index in [-0.39, 0.29) is 17.4 Å². The van der Waals surface area contributed by atoms with Gasteiger partial charge in [0.25, 0.3) is 5.91 Å². The highest BCUT2D eigenvalue weighted by atomic mass is 32.2. The van der Waals surface area contributed by atoms with Crippen molar-refractivity contribution >= 4 is 23.9 Å². The van der Waals surface area contributed by atoms with Crippen LogP contribution in [0.15, 0.2) is 95.2 Å². The summed E-state index contributed by atoms with van der Waals surface area (Å²) in [6, 6.07) is 26.1. The Labute approximate surface area is 183 Å². The van der Waals surface area contributed by atoms with Crippen molar-refractivity contribution in [3.8, 4) is 22.8 Å². The smallest absolute Gasteiger partial charge is 0.250 e. The summed E-state index contributed by atoms with van der Waals surface area (Å²) in [7, 11) is 0. The molecule has 0 aliphatic rings. The molecule has 4 aromatic rings. The molecule has 0 aliphatic heterocycles. The molecular weight excluding hydrogens is 410 g/mol. The Balaban J connectivity index is 1.47. The molecule has 0 saturated heterocycles. The minimum Gasteiger partial charge on any atom is -0.508 e. The van der Waals surface area contributed by atoms with Crippen LogP contribution in [0.5, 0.6) is 5.75 Å². The molecule has 0 bridgehead atoms. The number of benzene rings is 3. The van der Waals surface area contributed by atoms with Crippen LogP contribution >= 0.6 is 11.8 Å². The summed E-state index contributed by atoms with van der Waals surface area (Å²) in [5.41, 5.74) is 5.12. The molecule has 2 N–H and O–H groups in total. The van der Waals surface area contributed by atoms with E-state index in [1.807, 2.05) is 65.2 Å². The van der Waals surface area contributed by atoms with Crippen LogP contribution in [0.2, 0.25) is 0 Å². The third-order valence-electron chi connectivity index (χ3n) is 4.31. The van der Waals surface area contributed by atoms with Gasteiger partial charge in [0.2, 0.25) is 0 Å². The first-order chi connectivity index (χ1) is 15.2. The summed E-state index contributed by atoms with van der Waals surface area (Å²) in [5, 5.41) is 22.5. The van der Waals surface area contributed by atoms with Crippen molar-refractivity contribution in [2.24, 2.45) is 5.10 Å². The first-order valence-corrected chi connectivity index (χ1v) is 10.5. The van der Waals surface area contributed by atoms with Crippen LogP contribution < -0.4 is 5.43 Å². The third-order valence-corrected chi connectivity index (χ3v) is 5.24. The molecule has 154 valence electrons. The molecule has 7 nitrogen and oxygen atoms in total. The molecule has 3 aromatic carbocycles. The van der Waals surface area contributed by atoms with Crippen LogP contribution in [0.3, 0.4) is 0 Å². The summed E-state index contributed by atoms with van der Waals surface area (Å²) < 4.78 is 1.94. The number of carbonyl (C=O) groups excluding carboxylic acids is 1. The second-order valence-electron chi connectivity index (χ2n) is 6.52. The zero-order chi connectivity index (χ0) is 21.5. The molecule has 0 aliphatic carbocycles. The van der Waals surface area contributed by atoms with Crippen molar-refractivity contribution in [1.29, 1.82) is 0 Å². The average molecular weight is 430 g/mol. The molecule has 0 unspecified atom stereocenters. The summed E-state index contributed by atoms with van der Waals surface area (Å²) in [5.74, 6) is 0.756. The van der Waals surface area contributed by atoms with Gasteiger partial charge in [-0.15, -0.1) is 10.2 Å². The number of rotatable bonds is 7. The zero-order valence-corrected chi connectivity index (χ0v) is 17.2. The number of thioether (sulfide) groups is 1. The fourth-order valence-electron chi connectivity index (χ4n) is 2.85. The predicted molar refractivity (Wildman–Crippen MR) is 121 cm³/mol. The molecule has 1 amide bonds. The van der Waals surface area contributed by atoms with Gasteiger partial charge in [-0.3, -0.25) is 9.36 Å². The minimum atomic E-state index is -0.260. The highest BCUT2D eigenvalue weighted by Gasteiger charge is 2.16. The number of hydrogen-bond donors (Lipinski definition) is 2. The maximum atomic E-state index is 12.2. The van der Waals surface area contributed by atoms with Gasteiger partial charge in [0, 0.05) is 11.3 Å². The van der Waals surface area contributed by atoms with E-state index >= 15 is 0 Å². The number of carbonyl (C=O) groups is 1. The number of nitrogens with one attached hydrogen (secondary N) is 1. The normalized spacial score (nSPS) is 11.0. The largest absolute Gasteiger partial charge is 0.508 e. The quantitative estimate of drug-likeness (QED) is 0.264. The summed E-state index contributed by atoms with van der Waals surface area (Å²) in [6.07, 6.45) is 1.52. The molecule has 0 fully saturated rings. The van der Waals surface area contributed by atoms with Gasteiger partial charge >= 0.3 is 0 Å². The van der Waals surface area contributed by atoms with Gasteiger partial charge in [0.15, 0.2) is 11.0 Å². The number of nitrogens with zero attached hydrogens (tertiary/aromatic N) is 4. The third kappa shape index (κ3) is 5.18. The Kier molecular flexibility index (Phi) is 6.39. The highest BCUT2D eigenvalue weighted by Crippen LogP contribution is 2.27. The Morgan fingerprint density at radius 3 is 2.35 bits per heavy atom. The first-order valence-electron chi connectivity index (χ1n) is 9.51. The Morgan fingerprint density at radius 2 is 1.65 bits per heavy atom. The van der Waals surface area contributed by atoms with E-state index in [9.17, 15) is 9.90 Å². The van der Waals surface area contributed by atoms with Gasteiger partial charge in [-0.25, -0.2) is 5.43 Å². The molecule has 0 atom stereocenters. The second-order valence-corrected chi connectivity index (χ2v) is 7.46. The number of phenols is 1. The molecular formula is C23H19N5O2S. The van der Waals surface area contributed by atoms with Crippen LogP contribution in [0.25, 0.3) is 17.1 Å². The fraction of sp³-hybridized carbons (Fsp3) is 0.0435. The number of hydrazone groups is 1. The lowest BCUT2D eigenvalue weighted by Crippen LogP contribution is -2.20. The van der Waals surface area contributed by atoms with Gasteiger partial charge < -0.3 is 5.11 Å². The zero-order valence-electron chi connectivity index (χ0n) is 16.4. The van der Waals surface area contributed by atoms with Gasteiger partial charge in [-0.1, -0.05) is 60.3 Å². The van der Waals surface area contributed by atoms with Gasteiger partial charge in [-0.2, -0.15) is 5.10 Å². The topological polar surface area (TPSA) is 92.4 Å². The summed E-state index contributed by atoms with van der Waals surface area (Å²) in [6.45, 7) is 0. The SMILES string of the molecule is O=C(CSc1nnc(-c2ccccc2)n1-c1ccccc1)N/N=C\c1ccc(O)cc1. The Morgan fingerprint density at radius 1 is 0.968 bits per heavy atom. The minimum absolute atomic E-state index is 0.132. The van der Waals surface area contributed by atoms with Crippen LogP contribution in [0.1, 0.15) is 5.56 Å². The van der Waals surface area contributed by atoms with Gasteiger partial charge in [0.1, 0.15) is 5.75 Å². The molecule has 1 heterocycles. The Bertz CT molecular complexity index is 1180.